The highest BCUT2D eigenvalue weighted by molar-refractivity contribution is 5.99. The van der Waals surface area contributed by atoms with Crippen molar-refractivity contribution in [2.75, 3.05) is 0 Å². The van der Waals surface area contributed by atoms with E-state index in [1.54, 1.807) is 6.08 Å². The van der Waals surface area contributed by atoms with Crippen LogP contribution in [0, 0.1) is 39.9 Å². The van der Waals surface area contributed by atoms with Gasteiger partial charge in [0, 0.05) is 30.8 Å². The lowest BCUT2D eigenvalue weighted by Gasteiger charge is -2.65. The summed E-state index contributed by atoms with van der Waals surface area (Å²) in [5, 5.41) is 10.3. The van der Waals surface area contributed by atoms with E-state index in [1.165, 1.54) is 6.92 Å². The third-order valence-electron chi connectivity index (χ3n) is 10.6. The molecule has 0 heterocycles. The number of carboxylic acids is 1. The Morgan fingerprint density at radius 3 is 2.38 bits per heavy atom. The lowest BCUT2D eigenvalue weighted by atomic mass is 9.38. The van der Waals surface area contributed by atoms with Crippen molar-refractivity contribution in [3.8, 4) is 0 Å². The van der Waals surface area contributed by atoms with Gasteiger partial charge >= 0.3 is 11.9 Å². The molecule has 8 unspecified atom stereocenters. The predicted octanol–water partition coefficient (Wildman–Crippen LogP) is 5.86. The maximum Gasteiger partial charge on any atom is 0.331 e. The van der Waals surface area contributed by atoms with Gasteiger partial charge in [0.25, 0.3) is 0 Å². The zero-order valence-electron chi connectivity index (χ0n) is 23.3. The number of ether oxygens (including phenoxy) is 1. The average Bonchev–Trinajstić information content (AvgIpc) is 3.05. The van der Waals surface area contributed by atoms with Gasteiger partial charge in [-0.05, 0) is 85.7 Å². The lowest BCUT2D eigenvalue weighted by molar-refractivity contribution is -0.176. The summed E-state index contributed by atoms with van der Waals surface area (Å²) in [6.45, 7) is 13.7. The van der Waals surface area contributed by atoms with E-state index >= 15 is 0 Å². The quantitative estimate of drug-likeness (QED) is 0.283. The number of fused-ring (bicyclic) bond motifs is 5. The van der Waals surface area contributed by atoms with Crippen molar-refractivity contribution >= 4 is 23.5 Å². The van der Waals surface area contributed by atoms with Crippen molar-refractivity contribution in [3.63, 3.8) is 0 Å². The van der Waals surface area contributed by atoms with Gasteiger partial charge in [-0.1, -0.05) is 45.4 Å². The number of esters is 1. The third kappa shape index (κ3) is 4.15. The summed E-state index contributed by atoms with van der Waals surface area (Å²) < 4.78 is 5.83. The molecule has 4 rings (SSSR count). The van der Waals surface area contributed by atoms with Crippen molar-refractivity contribution in [2.24, 2.45) is 39.9 Å². The molecule has 0 aromatic carbocycles. The zero-order valence-corrected chi connectivity index (χ0v) is 23.3. The Kier molecular flexibility index (Phi) is 6.96. The van der Waals surface area contributed by atoms with Crippen LogP contribution in [0.4, 0.5) is 0 Å². The molecule has 0 aromatic heterocycles. The first kappa shape index (κ1) is 27.5. The molecular formula is C31H42O6. The van der Waals surface area contributed by atoms with E-state index in [0.717, 1.165) is 24.0 Å². The number of aliphatic carboxylic acids is 1. The van der Waals surface area contributed by atoms with E-state index < -0.39 is 34.3 Å². The molecule has 202 valence electrons. The second kappa shape index (κ2) is 9.36. The largest absolute Gasteiger partial charge is 0.478 e. The Labute approximate surface area is 220 Å². The average molecular weight is 511 g/mol. The first-order valence-electron chi connectivity index (χ1n) is 13.7. The number of hydrogen-bond donors (Lipinski definition) is 1. The van der Waals surface area contributed by atoms with E-state index in [9.17, 15) is 24.3 Å². The molecule has 0 saturated heterocycles. The number of carboxylic acid groups (broad SMARTS) is 1. The van der Waals surface area contributed by atoms with Gasteiger partial charge in [0.15, 0.2) is 5.78 Å². The zero-order chi connectivity index (χ0) is 27.5. The molecule has 4 aliphatic rings. The number of rotatable bonds is 5. The van der Waals surface area contributed by atoms with Crippen LogP contribution in [-0.4, -0.2) is 34.7 Å². The van der Waals surface area contributed by atoms with Crippen LogP contribution in [0.2, 0.25) is 0 Å². The minimum atomic E-state index is -0.958. The Balaban J connectivity index is 1.84. The van der Waals surface area contributed by atoms with E-state index in [0.29, 0.717) is 31.3 Å². The van der Waals surface area contributed by atoms with Crippen LogP contribution in [0.5, 0.6) is 0 Å². The highest BCUT2D eigenvalue weighted by Crippen LogP contribution is 2.73. The monoisotopic (exact) mass is 510 g/mol. The topological polar surface area (TPSA) is 97.7 Å². The summed E-state index contributed by atoms with van der Waals surface area (Å²) in [6, 6.07) is 0. The molecule has 0 radical (unpaired) electrons. The molecule has 0 aliphatic heterocycles. The van der Waals surface area contributed by atoms with Gasteiger partial charge < -0.3 is 9.84 Å². The lowest BCUT2D eigenvalue weighted by Crippen LogP contribution is -2.63. The van der Waals surface area contributed by atoms with E-state index in [2.05, 4.69) is 20.8 Å². The summed E-state index contributed by atoms with van der Waals surface area (Å²) in [6.07, 6.45) is 8.54. The van der Waals surface area contributed by atoms with Crippen molar-refractivity contribution in [3.05, 3.63) is 34.9 Å². The highest BCUT2D eigenvalue weighted by atomic mass is 16.5. The van der Waals surface area contributed by atoms with Crippen molar-refractivity contribution in [1.29, 1.82) is 0 Å². The normalized spacial score (nSPS) is 41.9. The fourth-order valence-corrected chi connectivity index (χ4v) is 8.92. The summed E-state index contributed by atoms with van der Waals surface area (Å²) in [5.41, 5.74) is 0.940. The Morgan fingerprint density at radius 1 is 1.11 bits per heavy atom. The van der Waals surface area contributed by atoms with Crippen LogP contribution in [-0.2, 0) is 23.9 Å². The second-order valence-corrected chi connectivity index (χ2v) is 12.9. The molecule has 3 saturated carbocycles. The number of carbonyl (C=O) groups excluding carboxylic acids is 3. The number of ketones is 2. The standard InChI is InChI=1S/C31H42O6/c1-17(2)9-8-10-20(28(35)36)26-21-11-12-25-29(5)14-13-22(33)18(3)27(29)23(34)15-31(25,7)30(21,6)16-24(26)37-19(4)32/h9,13-14,18,21,24-25,27H,8,10-12,15-16H2,1-7H3,(H,35,36). The molecule has 3 fully saturated rings. The molecule has 0 aromatic rings. The molecule has 1 N–H and O–H groups in total. The fourth-order valence-electron chi connectivity index (χ4n) is 8.92. The fraction of sp³-hybridized carbons (Fsp3) is 0.677. The van der Waals surface area contributed by atoms with E-state index in [4.69, 9.17) is 4.74 Å². The molecular weight excluding hydrogens is 468 g/mol. The third-order valence-corrected chi connectivity index (χ3v) is 10.6. The van der Waals surface area contributed by atoms with Crippen LogP contribution in [0.3, 0.4) is 0 Å². The van der Waals surface area contributed by atoms with Crippen LogP contribution >= 0.6 is 0 Å². The first-order chi connectivity index (χ1) is 17.2. The van der Waals surface area contributed by atoms with Crippen LogP contribution in [0.25, 0.3) is 0 Å². The first-order valence-corrected chi connectivity index (χ1v) is 13.7. The molecule has 8 atom stereocenters. The van der Waals surface area contributed by atoms with Gasteiger partial charge in [0.05, 0.1) is 0 Å². The number of Topliss-reactive ketones (excluding diaryl/α,β-unsaturated/α-hetero) is 1. The maximum absolute atomic E-state index is 13.8. The summed E-state index contributed by atoms with van der Waals surface area (Å²) in [7, 11) is 0. The van der Waals surface area contributed by atoms with Gasteiger partial charge in [-0.15, -0.1) is 0 Å². The van der Waals surface area contributed by atoms with Crippen molar-refractivity contribution in [1.82, 2.24) is 0 Å². The Bertz CT molecular complexity index is 1120. The van der Waals surface area contributed by atoms with Crippen LogP contribution < -0.4 is 0 Å². The number of hydrogen-bond acceptors (Lipinski definition) is 5. The van der Waals surface area contributed by atoms with Crippen molar-refractivity contribution in [2.45, 2.75) is 93.1 Å². The molecule has 37 heavy (non-hydrogen) atoms. The number of carbonyl (C=O) groups is 4. The molecule has 0 amide bonds. The van der Waals surface area contributed by atoms with E-state index in [1.807, 2.05) is 32.9 Å². The molecule has 6 heteroatoms. The van der Waals surface area contributed by atoms with E-state index in [-0.39, 0.29) is 35.2 Å². The van der Waals surface area contributed by atoms with Gasteiger partial charge in [0.1, 0.15) is 11.9 Å². The number of allylic oxidation sites excluding steroid dienone is 4. The molecule has 4 aliphatic carbocycles. The van der Waals surface area contributed by atoms with Crippen LogP contribution in [0.1, 0.15) is 87.0 Å². The smallest absolute Gasteiger partial charge is 0.331 e. The summed E-state index contributed by atoms with van der Waals surface area (Å²) in [5.74, 6) is -1.83. The Morgan fingerprint density at radius 2 is 1.78 bits per heavy atom. The van der Waals surface area contributed by atoms with Gasteiger partial charge in [0.2, 0.25) is 0 Å². The maximum atomic E-state index is 13.8. The van der Waals surface area contributed by atoms with Gasteiger partial charge in [-0.2, -0.15) is 0 Å². The summed E-state index contributed by atoms with van der Waals surface area (Å²) in [4.78, 5) is 51.1. The molecule has 0 bridgehead atoms. The minimum Gasteiger partial charge on any atom is -0.478 e. The molecule has 6 nitrogen and oxygen atoms in total. The summed E-state index contributed by atoms with van der Waals surface area (Å²) >= 11 is 0. The second-order valence-electron chi connectivity index (χ2n) is 12.9. The van der Waals surface area contributed by atoms with Gasteiger partial charge in [-0.3, -0.25) is 14.4 Å². The minimum absolute atomic E-state index is 0.0165. The molecule has 0 spiro atoms. The Hall–Kier alpha value is -2.50. The van der Waals surface area contributed by atoms with Crippen LogP contribution in [0.15, 0.2) is 34.9 Å². The van der Waals surface area contributed by atoms with Crippen molar-refractivity contribution < 1.29 is 29.0 Å². The van der Waals surface area contributed by atoms with Gasteiger partial charge in [-0.25, -0.2) is 4.79 Å². The SMILES string of the molecule is CC(=O)OC1CC2(C)C(CCC3C4(C)C=CC(=O)C(C)C4C(=O)CC32C)C1=C(CCC=C(C)C)C(=O)O. The predicted molar refractivity (Wildman–Crippen MR) is 140 cm³/mol. The highest BCUT2D eigenvalue weighted by Gasteiger charge is 2.70.